The van der Waals surface area contributed by atoms with Crippen LogP contribution >= 0.6 is 0 Å². The lowest BCUT2D eigenvalue weighted by atomic mass is 10.2. The Kier molecular flexibility index (Phi) is 3.71. The normalized spacial score (nSPS) is 10.0. The average molecular weight is 263 g/mol. The van der Waals surface area contributed by atoms with E-state index in [1.807, 2.05) is 0 Å². The Hall–Kier alpha value is -2.48. The van der Waals surface area contributed by atoms with Crippen LogP contribution in [0.3, 0.4) is 0 Å². The molecule has 0 unspecified atom stereocenters. The summed E-state index contributed by atoms with van der Waals surface area (Å²) in [4.78, 5) is 0. The number of benzene rings is 2. The molecule has 2 aromatic carbocycles. The third kappa shape index (κ3) is 2.86. The summed E-state index contributed by atoms with van der Waals surface area (Å²) in [6, 6.07) is 8.49. The Balaban J connectivity index is 2.22. The van der Waals surface area contributed by atoms with Gasteiger partial charge in [-0.1, -0.05) is 6.07 Å². The van der Waals surface area contributed by atoms with E-state index in [-0.39, 0.29) is 23.5 Å². The monoisotopic (exact) mass is 263 g/mol. The number of rotatable bonds is 3. The first-order valence-electron chi connectivity index (χ1n) is 5.37. The summed E-state index contributed by atoms with van der Waals surface area (Å²) < 4.78 is 44.7. The maximum absolute atomic E-state index is 13.3. The zero-order valence-electron chi connectivity index (χ0n) is 9.66. The fourth-order valence-corrected chi connectivity index (χ4v) is 1.54. The molecule has 19 heavy (non-hydrogen) atoms. The van der Waals surface area contributed by atoms with Crippen LogP contribution in [-0.2, 0) is 6.61 Å². The third-order valence-corrected chi connectivity index (χ3v) is 2.48. The molecular formula is C14H8F3NO. The van der Waals surface area contributed by atoms with Crippen LogP contribution in [0.1, 0.15) is 11.1 Å². The molecule has 0 aliphatic rings. The van der Waals surface area contributed by atoms with Gasteiger partial charge in [-0.3, -0.25) is 0 Å². The van der Waals surface area contributed by atoms with E-state index in [4.69, 9.17) is 10.00 Å². The number of nitrogens with zero attached hydrogens (tertiary/aromatic N) is 1. The first-order valence-corrected chi connectivity index (χ1v) is 5.37. The highest BCUT2D eigenvalue weighted by Gasteiger charge is 2.10. The van der Waals surface area contributed by atoms with Gasteiger partial charge in [0.2, 0.25) is 0 Å². The number of hydrogen-bond donors (Lipinski definition) is 0. The smallest absolute Gasteiger partial charge is 0.144 e. The molecule has 0 aliphatic carbocycles. The number of hydrogen-bond acceptors (Lipinski definition) is 2. The van der Waals surface area contributed by atoms with Gasteiger partial charge in [-0.25, -0.2) is 13.2 Å². The van der Waals surface area contributed by atoms with E-state index in [0.717, 1.165) is 24.3 Å². The second-order valence-electron chi connectivity index (χ2n) is 3.75. The Morgan fingerprint density at radius 2 is 1.84 bits per heavy atom. The van der Waals surface area contributed by atoms with E-state index in [0.29, 0.717) is 0 Å². The minimum absolute atomic E-state index is 0.00634. The van der Waals surface area contributed by atoms with Crippen LogP contribution in [0.2, 0.25) is 0 Å². The number of nitriles is 1. The van der Waals surface area contributed by atoms with Gasteiger partial charge >= 0.3 is 0 Å². The van der Waals surface area contributed by atoms with Crippen LogP contribution in [0.5, 0.6) is 5.75 Å². The van der Waals surface area contributed by atoms with E-state index >= 15 is 0 Å². The van der Waals surface area contributed by atoms with Crippen LogP contribution in [0, 0.1) is 28.8 Å². The van der Waals surface area contributed by atoms with E-state index in [2.05, 4.69) is 0 Å². The fourth-order valence-electron chi connectivity index (χ4n) is 1.54. The van der Waals surface area contributed by atoms with E-state index in [9.17, 15) is 13.2 Å². The molecule has 0 saturated carbocycles. The Bertz CT molecular complexity index is 650. The predicted molar refractivity (Wildman–Crippen MR) is 61.8 cm³/mol. The molecule has 0 atom stereocenters. The molecule has 2 nitrogen and oxygen atoms in total. The molecule has 0 heterocycles. The molecule has 2 aromatic rings. The maximum Gasteiger partial charge on any atom is 0.144 e. The van der Waals surface area contributed by atoms with Crippen molar-refractivity contribution in [1.82, 2.24) is 0 Å². The van der Waals surface area contributed by atoms with Crippen LogP contribution < -0.4 is 4.74 Å². The summed E-state index contributed by atoms with van der Waals surface area (Å²) >= 11 is 0. The lowest BCUT2D eigenvalue weighted by Gasteiger charge is -2.09. The van der Waals surface area contributed by atoms with Crippen molar-refractivity contribution in [3.05, 3.63) is 65.0 Å². The van der Waals surface area contributed by atoms with Crippen LogP contribution in [0.15, 0.2) is 36.4 Å². The largest absolute Gasteiger partial charge is 0.487 e. The molecule has 0 amide bonds. The third-order valence-electron chi connectivity index (χ3n) is 2.48. The fraction of sp³-hybridized carbons (Fsp3) is 0.0714. The molecule has 0 bridgehead atoms. The molecule has 0 fully saturated rings. The molecule has 0 radical (unpaired) electrons. The second kappa shape index (κ2) is 5.44. The van der Waals surface area contributed by atoms with Crippen molar-refractivity contribution in [3.8, 4) is 11.8 Å². The van der Waals surface area contributed by atoms with E-state index in [1.165, 1.54) is 12.1 Å². The first kappa shape index (κ1) is 13.0. The molecule has 96 valence electrons. The van der Waals surface area contributed by atoms with Crippen molar-refractivity contribution < 1.29 is 17.9 Å². The van der Waals surface area contributed by atoms with Gasteiger partial charge in [-0.2, -0.15) is 5.26 Å². The van der Waals surface area contributed by atoms with Crippen molar-refractivity contribution in [2.45, 2.75) is 6.61 Å². The van der Waals surface area contributed by atoms with Gasteiger partial charge in [0.1, 0.15) is 41.4 Å². The maximum atomic E-state index is 13.3. The summed E-state index contributed by atoms with van der Waals surface area (Å²) in [5, 5.41) is 8.79. The second-order valence-corrected chi connectivity index (χ2v) is 3.75. The molecular weight excluding hydrogens is 255 g/mol. The van der Waals surface area contributed by atoms with Gasteiger partial charge in [0, 0.05) is 5.56 Å². The summed E-state index contributed by atoms with van der Waals surface area (Å²) in [6.07, 6.45) is 0. The summed E-state index contributed by atoms with van der Waals surface area (Å²) in [5.41, 5.74) is -0.271. The number of halogens is 3. The highest BCUT2D eigenvalue weighted by Crippen LogP contribution is 2.22. The molecule has 0 aromatic heterocycles. The van der Waals surface area contributed by atoms with Crippen molar-refractivity contribution in [1.29, 1.82) is 5.26 Å². The number of ether oxygens (including phenoxy) is 1. The van der Waals surface area contributed by atoms with Crippen LogP contribution in [0.25, 0.3) is 0 Å². The van der Waals surface area contributed by atoms with Gasteiger partial charge in [-0.15, -0.1) is 0 Å². The van der Waals surface area contributed by atoms with E-state index < -0.39 is 17.5 Å². The zero-order valence-corrected chi connectivity index (χ0v) is 9.66. The summed E-state index contributed by atoms with van der Waals surface area (Å²) in [6.45, 7) is -0.290. The highest BCUT2D eigenvalue weighted by atomic mass is 19.1. The predicted octanol–water partition coefficient (Wildman–Crippen LogP) is 3.55. The van der Waals surface area contributed by atoms with Crippen LogP contribution in [-0.4, -0.2) is 0 Å². The Morgan fingerprint density at radius 3 is 2.58 bits per heavy atom. The quantitative estimate of drug-likeness (QED) is 0.848. The van der Waals surface area contributed by atoms with Crippen molar-refractivity contribution in [2.24, 2.45) is 0 Å². The van der Waals surface area contributed by atoms with Gasteiger partial charge in [0.05, 0.1) is 0 Å². The molecule has 0 N–H and O–H groups in total. The van der Waals surface area contributed by atoms with Crippen LogP contribution in [0.4, 0.5) is 13.2 Å². The van der Waals surface area contributed by atoms with Gasteiger partial charge in [0.25, 0.3) is 0 Å². The summed E-state index contributed by atoms with van der Waals surface area (Å²) in [7, 11) is 0. The molecule has 0 aliphatic heterocycles. The van der Waals surface area contributed by atoms with E-state index in [1.54, 1.807) is 6.07 Å². The average Bonchev–Trinajstić information content (AvgIpc) is 2.40. The highest BCUT2D eigenvalue weighted by molar-refractivity contribution is 5.43. The van der Waals surface area contributed by atoms with Crippen molar-refractivity contribution in [3.63, 3.8) is 0 Å². The lowest BCUT2D eigenvalue weighted by Crippen LogP contribution is -2.01. The lowest BCUT2D eigenvalue weighted by molar-refractivity contribution is 0.296. The standard InChI is InChI=1S/C14H8F3NO/c15-10-4-5-12(16)9(6-10)8-19-14-3-1-2-13(17)11(14)7-18/h1-6H,8H2. The van der Waals surface area contributed by atoms with Gasteiger partial charge in [0.15, 0.2) is 0 Å². The first-order chi connectivity index (χ1) is 9.11. The van der Waals surface area contributed by atoms with Gasteiger partial charge < -0.3 is 4.74 Å². The minimum atomic E-state index is -0.722. The molecule has 2 rings (SSSR count). The Labute approximate surface area is 107 Å². The van der Waals surface area contributed by atoms with Gasteiger partial charge in [-0.05, 0) is 30.3 Å². The minimum Gasteiger partial charge on any atom is -0.487 e. The Morgan fingerprint density at radius 1 is 1.05 bits per heavy atom. The van der Waals surface area contributed by atoms with Crippen molar-refractivity contribution in [2.75, 3.05) is 0 Å². The SMILES string of the molecule is N#Cc1c(F)cccc1OCc1cc(F)ccc1F. The molecule has 0 spiro atoms. The summed E-state index contributed by atoms with van der Waals surface area (Å²) in [5.74, 6) is -1.96. The van der Waals surface area contributed by atoms with Crippen molar-refractivity contribution >= 4 is 0 Å². The zero-order chi connectivity index (χ0) is 13.8. The molecule has 5 heteroatoms. The molecule has 0 saturated heterocycles. The topological polar surface area (TPSA) is 33.0 Å².